The van der Waals surface area contributed by atoms with E-state index in [1.807, 2.05) is 19.2 Å². The molecule has 1 aromatic heterocycles. The number of rotatable bonds is 4. The van der Waals surface area contributed by atoms with E-state index < -0.39 is 0 Å². The van der Waals surface area contributed by atoms with Crippen molar-refractivity contribution in [3.8, 4) is 0 Å². The van der Waals surface area contributed by atoms with Gasteiger partial charge in [-0.2, -0.15) is 0 Å². The fourth-order valence-electron chi connectivity index (χ4n) is 1.83. The molecule has 0 N–H and O–H groups in total. The molecule has 0 aliphatic heterocycles. The first-order chi connectivity index (χ1) is 9.04. The Balaban J connectivity index is 2.05. The lowest BCUT2D eigenvalue weighted by Gasteiger charge is -2.17. The largest absolute Gasteiger partial charge is 0.296 e. The highest BCUT2D eigenvalue weighted by Gasteiger charge is 2.07. The molecule has 0 spiro atoms. The summed E-state index contributed by atoms with van der Waals surface area (Å²) in [5, 5.41) is 1.11. The summed E-state index contributed by atoms with van der Waals surface area (Å²) in [6, 6.07) is 11.7. The summed E-state index contributed by atoms with van der Waals surface area (Å²) < 4.78 is 1.08. The van der Waals surface area contributed by atoms with Crippen molar-refractivity contribution in [1.29, 1.82) is 0 Å². The molecule has 0 bridgehead atoms. The molecule has 100 valence electrons. The van der Waals surface area contributed by atoms with Crippen LogP contribution in [0.4, 0.5) is 0 Å². The topological polar surface area (TPSA) is 16.1 Å². The van der Waals surface area contributed by atoms with Crippen LogP contribution >= 0.6 is 39.1 Å². The molecule has 0 saturated heterocycles. The van der Waals surface area contributed by atoms with Crippen molar-refractivity contribution in [1.82, 2.24) is 9.88 Å². The van der Waals surface area contributed by atoms with E-state index in [1.54, 1.807) is 12.1 Å². The minimum Gasteiger partial charge on any atom is -0.296 e. The third-order valence-electron chi connectivity index (χ3n) is 2.65. The Bertz CT molecular complexity index is 575. The van der Waals surface area contributed by atoms with Crippen LogP contribution in [0.5, 0.6) is 0 Å². The molecule has 0 aliphatic rings. The highest BCUT2D eigenvalue weighted by atomic mass is 79.9. The first-order valence-corrected chi connectivity index (χ1v) is 7.33. The van der Waals surface area contributed by atoms with Gasteiger partial charge in [-0.05, 0) is 36.9 Å². The van der Waals surface area contributed by atoms with E-state index >= 15 is 0 Å². The van der Waals surface area contributed by atoms with Gasteiger partial charge in [0.25, 0.3) is 0 Å². The molecule has 19 heavy (non-hydrogen) atoms. The lowest BCUT2D eigenvalue weighted by Crippen LogP contribution is -2.18. The Kier molecular flexibility index (Phi) is 5.22. The third-order valence-corrected chi connectivity index (χ3v) is 3.69. The van der Waals surface area contributed by atoms with Gasteiger partial charge < -0.3 is 0 Å². The zero-order valence-corrected chi connectivity index (χ0v) is 13.5. The van der Waals surface area contributed by atoms with Crippen LogP contribution in [0.15, 0.2) is 40.9 Å². The Morgan fingerprint density at radius 3 is 2.68 bits per heavy atom. The maximum Gasteiger partial charge on any atom is 0.129 e. The molecule has 5 heteroatoms. The van der Waals surface area contributed by atoms with Crippen molar-refractivity contribution >= 4 is 39.1 Å². The maximum absolute atomic E-state index is 6.11. The predicted molar refractivity (Wildman–Crippen MR) is 83.6 cm³/mol. The minimum atomic E-state index is 0.468. The summed E-state index contributed by atoms with van der Waals surface area (Å²) in [5.74, 6) is 0. The van der Waals surface area contributed by atoms with Gasteiger partial charge >= 0.3 is 0 Å². The minimum absolute atomic E-state index is 0.468. The molecule has 0 unspecified atom stereocenters. The fraction of sp³-hybridized carbons (Fsp3) is 0.214. The van der Waals surface area contributed by atoms with Crippen molar-refractivity contribution in [3.05, 3.63) is 62.3 Å². The summed E-state index contributed by atoms with van der Waals surface area (Å²) >= 11 is 15.5. The van der Waals surface area contributed by atoms with Gasteiger partial charge in [-0.25, -0.2) is 4.98 Å². The van der Waals surface area contributed by atoms with Gasteiger partial charge in [0, 0.05) is 17.6 Å². The van der Waals surface area contributed by atoms with Gasteiger partial charge in [-0.1, -0.05) is 51.3 Å². The van der Waals surface area contributed by atoms with Crippen LogP contribution in [0.2, 0.25) is 10.2 Å². The number of halogens is 3. The van der Waals surface area contributed by atoms with E-state index in [-0.39, 0.29) is 0 Å². The van der Waals surface area contributed by atoms with Crippen molar-refractivity contribution in [2.45, 2.75) is 13.1 Å². The molecule has 0 saturated carbocycles. The van der Waals surface area contributed by atoms with Gasteiger partial charge in [0.15, 0.2) is 0 Å². The van der Waals surface area contributed by atoms with Crippen molar-refractivity contribution in [3.63, 3.8) is 0 Å². The van der Waals surface area contributed by atoms with E-state index in [9.17, 15) is 0 Å². The average molecular weight is 360 g/mol. The zero-order chi connectivity index (χ0) is 13.8. The fourth-order valence-corrected chi connectivity index (χ4v) is 2.60. The lowest BCUT2D eigenvalue weighted by atomic mass is 10.2. The monoisotopic (exact) mass is 358 g/mol. The first-order valence-electron chi connectivity index (χ1n) is 5.78. The van der Waals surface area contributed by atoms with Crippen LogP contribution in [0, 0.1) is 0 Å². The van der Waals surface area contributed by atoms with Crippen LogP contribution < -0.4 is 0 Å². The molecule has 0 atom stereocenters. The second-order valence-electron chi connectivity index (χ2n) is 4.36. The number of aromatic nitrogens is 1. The molecule has 0 aliphatic carbocycles. The number of benzene rings is 1. The number of nitrogens with zero attached hydrogens (tertiary/aromatic N) is 2. The first kappa shape index (κ1) is 14.8. The molecular formula is C14H13BrCl2N2. The summed E-state index contributed by atoms with van der Waals surface area (Å²) in [6.45, 7) is 1.48. The predicted octanol–water partition coefficient (Wildman–Crippen LogP) is 4.78. The summed E-state index contributed by atoms with van der Waals surface area (Å²) in [6.07, 6.45) is 0. The van der Waals surface area contributed by atoms with Crippen LogP contribution in [-0.4, -0.2) is 16.9 Å². The molecule has 1 aromatic carbocycles. The molecule has 2 rings (SSSR count). The van der Waals surface area contributed by atoms with E-state index in [1.165, 1.54) is 5.56 Å². The highest BCUT2D eigenvalue weighted by Crippen LogP contribution is 2.19. The van der Waals surface area contributed by atoms with Crippen molar-refractivity contribution in [2.24, 2.45) is 0 Å². The van der Waals surface area contributed by atoms with Crippen molar-refractivity contribution < 1.29 is 0 Å². The molecule has 2 nitrogen and oxygen atoms in total. The van der Waals surface area contributed by atoms with Gasteiger partial charge in [-0.15, -0.1) is 0 Å². The second kappa shape index (κ2) is 6.71. The van der Waals surface area contributed by atoms with Crippen LogP contribution in [-0.2, 0) is 13.1 Å². The SMILES string of the molecule is CN(Cc1cccc(Br)c1)Cc1nc(Cl)ccc1Cl. The van der Waals surface area contributed by atoms with E-state index in [2.05, 4.69) is 37.9 Å². The number of pyridine rings is 1. The van der Waals surface area contributed by atoms with Crippen molar-refractivity contribution in [2.75, 3.05) is 7.05 Å². The Hall–Kier alpha value is -0.610. The molecule has 1 heterocycles. The Labute approximate surface area is 131 Å². The molecule has 0 radical (unpaired) electrons. The molecule has 2 aromatic rings. The van der Waals surface area contributed by atoms with Crippen LogP contribution in [0.1, 0.15) is 11.3 Å². The Morgan fingerprint density at radius 1 is 1.16 bits per heavy atom. The van der Waals surface area contributed by atoms with E-state index in [0.717, 1.165) is 16.7 Å². The molecule has 0 amide bonds. The molecule has 0 fully saturated rings. The van der Waals surface area contributed by atoms with Gasteiger partial charge in [0.05, 0.1) is 10.7 Å². The number of hydrogen-bond donors (Lipinski definition) is 0. The third kappa shape index (κ3) is 4.46. The standard InChI is InChI=1S/C14H13BrCl2N2/c1-19(8-10-3-2-4-11(15)7-10)9-13-12(16)5-6-14(17)18-13/h2-7H,8-9H2,1H3. The Morgan fingerprint density at radius 2 is 1.95 bits per heavy atom. The maximum atomic E-state index is 6.11. The van der Waals surface area contributed by atoms with Crippen LogP contribution in [0.3, 0.4) is 0 Å². The highest BCUT2D eigenvalue weighted by molar-refractivity contribution is 9.10. The smallest absolute Gasteiger partial charge is 0.129 e. The second-order valence-corrected chi connectivity index (χ2v) is 6.07. The van der Waals surface area contributed by atoms with Gasteiger partial charge in [-0.3, -0.25) is 4.90 Å². The normalized spacial score (nSPS) is 11.0. The van der Waals surface area contributed by atoms with Gasteiger partial charge in [0.1, 0.15) is 5.15 Å². The van der Waals surface area contributed by atoms with E-state index in [4.69, 9.17) is 23.2 Å². The summed E-state index contributed by atoms with van der Waals surface area (Å²) in [7, 11) is 2.03. The molecular weight excluding hydrogens is 347 g/mol. The lowest BCUT2D eigenvalue weighted by molar-refractivity contribution is 0.315. The van der Waals surface area contributed by atoms with Crippen LogP contribution in [0.25, 0.3) is 0 Å². The van der Waals surface area contributed by atoms with Gasteiger partial charge in [0.2, 0.25) is 0 Å². The summed E-state index contributed by atoms with van der Waals surface area (Å²) in [4.78, 5) is 6.40. The zero-order valence-electron chi connectivity index (χ0n) is 10.4. The quantitative estimate of drug-likeness (QED) is 0.730. The summed E-state index contributed by atoms with van der Waals surface area (Å²) in [5.41, 5.74) is 2.03. The average Bonchev–Trinajstić information content (AvgIpc) is 2.34. The number of hydrogen-bond acceptors (Lipinski definition) is 2. The van der Waals surface area contributed by atoms with E-state index in [0.29, 0.717) is 16.7 Å².